The van der Waals surface area contributed by atoms with Crippen molar-refractivity contribution in [2.24, 2.45) is 7.05 Å². The summed E-state index contributed by atoms with van der Waals surface area (Å²) >= 11 is 0. The van der Waals surface area contributed by atoms with Gasteiger partial charge in [-0.1, -0.05) is 12.1 Å². The maximum Gasteiger partial charge on any atom is 0.139 e. The second-order valence-corrected chi connectivity index (χ2v) is 3.88. The molecule has 3 nitrogen and oxygen atoms in total. The highest BCUT2D eigenvalue weighted by molar-refractivity contribution is 5.89. The first kappa shape index (κ1) is 10.1. The summed E-state index contributed by atoms with van der Waals surface area (Å²) in [5.74, 6) is 0.338. The van der Waals surface area contributed by atoms with Crippen LogP contribution in [0.5, 0.6) is 5.75 Å². The summed E-state index contributed by atoms with van der Waals surface area (Å²) in [7, 11) is 3.89. The smallest absolute Gasteiger partial charge is 0.139 e. The Labute approximate surface area is 89.3 Å². The van der Waals surface area contributed by atoms with Crippen LogP contribution in [0.15, 0.2) is 24.4 Å². The molecule has 0 saturated carbocycles. The maximum absolute atomic E-state index is 9.78. The molecule has 2 N–H and O–H groups in total. The van der Waals surface area contributed by atoms with E-state index in [-0.39, 0.29) is 6.04 Å². The molecule has 1 unspecified atom stereocenters. The highest BCUT2D eigenvalue weighted by Crippen LogP contribution is 2.31. The summed E-state index contributed by atoms with van der Waals surface area (Å²) in [4.78, 5) is 0. The molecule has 1 atom stereocenters. The molecule has 1 aromatic heterocycles. The largest absolute Gasteiger partial charge is 0.506 e. The summed E-state index contributed by atoms with van der Waals surface area (Å²) < 4.78 is 1.97. The van der Waals surface area contributed by atoms with E-state index in [0.29, 0.717) is 5.75 Å². The van der Waals surface area contributed by atoms with Crippen molar-refractivity contribution in [1.82, 2.24) is 9.88 Å². The van der Waals surface area contributed by atoms with Crippen LogP contribution in [0.25, 0.3) is 10.9 Å². The molecule has 0 saturated heterocycles. The van der Waals surface area contributed by atoms with Crippen molar-refractivity contribution in [2.75, 3.05) is 7.05 Å². The van der Waals surface area contributed by atoms with Crippen LogP contribution in [0.3, 0.4) is 0 Å². The number of para-hydroxylation sites is 1. The number of aromatic hydroxyl groups is 1. The Kier molecular flexibility index (Phi) is 2.40. The van der Waals surface area contributed by atoms with Crippen molar-refractivity contribution >= 4 is 10.9 Å². The van der Waals surface area contributed by atoms with Gasteiger partial charge < -0.3 is 15.0 Å². The molecule has 0 aliphatic heterocycles. The third-order valence-corrected chi connectivity index (χ3v) is 2.91. The number of aryl methyl sites for hydroxylation is 1. The minimum Gasteiger partial charge on any atom is -0.506 e. The number of aromatic nitrogens is 1. The Balaban J connectivity index is 2.73. The Hall–Kier alpha value is -1.48. The van der Waals surface area contributed by atoms with Crippen molar-refractivity contribution in [3.63, 3.8) is 0 Å². The highest BCUT2D eigenvalue weighted by atomic mass is 16.3. The molecule has 1 heterocycles. The minimum atomic E-state index is 0.288. The van der Waals surface area contributed by atoms with E-state index in [0.717, 1.165) is 10.9 Å². The molecule has 1 aromatic carbocycles. The SMILES string of the molecule is CNC(C)c1cn(C)c2c(O)cccc12. The van der Waals surface area contributed by atoms with Gasteiger partial charge in [-0.15, -0.1) is 0 Å². The fourth-order valence-electron chi connectivity index (χ4n) is 1.98. The number of nitrogens with zero attached hydrogens (tertiary/aromatic N) is 1. The van der Waals surface area contributed by atoms with Gasteiger partial charge in [-0.2, -0.15) is 0 Å². The maximum atomic E-state index is 9.78. The molecule has 0 spiro atoms. The van der Waals surface area contributed by atoms with E-state index >= 15 is 0 Å². The zero-order valence-corrected chi connectivity index (χ0v) is 9.28. The number of nitrogens with one attached hydrogen (secondary N) is 1. The number of phenols is 1. The van der Waals surface area contributed by atoms with Crippen LogP contribution in [-0.4, -0.2) is 16.7 Å². The highest BCUT2D eigenvalue weighted by Gasteiger charge is 2.13. The molecular formula is C12H16N2O. The number of benzene rings is 1. The molecule has 80 valence electrons. The van der Waals surface area contributed by atoms with Gasteiger partial charge in [0.2, 0.25) is 0 Å². The van der Waals surface area contributed by atoms with Gasteiger partial charge in [0.15, 0.2) is 0 Å². The van der Waals surface area contributed by atoms with Crippen molar-refractivity contribution < 1.29 is 5.11 Å². The van der Waals surface area contributed by atoms with Crippen molar-refractivity contribution in [3.05, 3.63) is 30.0 Å². The van der Waals surface area contributed by atoms with Crippen LogP contribution < -0.4 is 5.32 Å². The number of rotatable bonds is 2. The molecule has 2 rings (SSSR count). The number of fused-ring (bicyclic) bond motifs is 1. The second-order valence-electron chi connectivity index (χ2n) is 3.88. The summed E-state index contributed by atoms with van der Waals surface area (Å²) in [6, 6.07) is 5.92. The first-order chi connectivity index (χ1) is 7.15. The Bertz CT molecular complexity index is 488. The molecule has 2 aromatic rings. The van der Waals surface area contributed by atoms with Gasteiger partial charge in [0, 0.05) is 24.7 Å². The van der Waals surface area contributed by atoms with E-state index in [2.05, 4.69) is 18.4 Å². The van der Waals surface area contributed by atoms with Crippen LogP contribution in [-0.2, 0) is 7.05 Å². The van der Waals surface area contributed by atoms with Crippen LogP contribution in [0, 0.1) is 0 Å². The van der Waals surface area contributed by atoms with E-state index in [1.807, 2.05) is 30.8 Å². The van der Waals surface area contributed by atoms with E-state index < -0.39 is 0 Å². The molecule has 0 aliphatic carbocycles. The first-order valence-corrected chi connectivity index (χ1v) is 5.09. The summed E-state index contributed by atoms with van der Waals surface area (Å²) in [5.41, 5.74) is 2.11. The Morgan fingerprint density at radius 1 is 1.40 bits per heavy atom. The number of phenolic OH excluding ortho intramolecular Hbond substituents is 1. The summed E-state index contributed by atoms with van der Waals surface area (Å²) in [6.45, 7) is 2.11. The minimum absolute atomic E-state index is 0.288. The summed E-state index contributed by atoms with van der Waals surface area (Å²) in [6.07, 6.45) is 2.06. The number of hydrogen-bond donors (Lipinski definition) is 2. The first-order valence-electron chi connectivity index (χ1n) is 5.09. The summed E-state index contributed by atoms with van der Waals surface area (Å²) in [5, 5.41) is 14.1. The lowest BCUT2D eigenvalue weighted by Crippen LogP contribution is -2.11. The monoisotopic (exact) mass is 204 g/mol. The van der Waals surface area contributed by atoms with Crippen LogP contribution >= 0.6 is 0 Å². The Morgan fingerprint density at radius 3 is 2.80 bits per heavy atom. The van der Waals surface area contributed by atoms with Crippen LogP contribution in [0.2, 0.25) is 0 Å². The Morgan fingerprint density at radius 2 is 2.13 bits per heavy atom. The van der Waals surface area contributed by atoms with Gasteiger partial charge in [-0.05, 0) is 25.6 Å². The predicted molar refractivity (Wildman–Crippen MR) is 62.1 cm³/mol. The average molecular weight is 204 g/mol. The number of hydrogen-bond acceptors (Lipinski definition) is 2. The van der Waals surface area contributed by atoms with Crippen LogP contribution in [0.4, 0.5) is 0 Å². The van der Waals surface area contributed by atoms with Gasteiger partial charge in [-0.25, -0.2) is 0 Å². The van der Waals surface area contributed by atoms with E-state index in [4.69, 9.17) is 0 Å². The van der Waals surface area contributed by atoms with Gasteiger partial charge in [0.25, 0.3) is 0 Å². The van der Waals surface area contributed by atoms with E-state index in [1.165, 1.54) is 5.56 Å². The standard InChI is InChI=1S/C12H16N2O/c1-8(13-2)10-7-14(3)12-9(10)5-4-6-11(12)15/h4-8,13,15H,1-3H3. The predicted octanol–water partition coefficient (Wildman–Crippen LogP) is 2.16. The molecule has 15 heavy (non-hydrogen) atoms. The molecule has 0 bridgehead atoms. The van der Waals surface area contributed by atoms with Crippen molar-refractivity contribution in [1.29, 1.82) is 0 Å². The topological polar surface area (TPSA) is 37.2 Å². The zero-order chi connectivity index (χ0) is 11.0. The molecule has 0 amide bonds. The fourth-order valence-corrected chi connectivity index (χ4v) is 1.98. The fraction of sp³-hybridized carbons (Fsp3) is 0.333. The normalized spacial score (nSPS) is 13.3. The second kappa shape index (κ2) is 3.59. The lowest BCUT2D eigenvalue weighted by molar-refractivity contribution is 0.479. The molecule has 0 radical (unpaired) electrons. The third-order valence-electron chi connectivity index (χ3n) is 2.91. The molecule has 3 heteroatoms. The quantitative estimate of drug-likeness (QED) is 0.786. The van der Waals surface area contributed by atoms with Gasteiger partial charge in [-0.3, -0.25) is 0 Å². The van der Waals surface area contributed by atoms with Crippen molar-refractivity contribution in [2.45, 2.75) is 13.0 Å². The third kappa shape index (κ3) is 1.49. The molecule has 0 aliphatic rings. The van der Waals surface area contributed by atoms with Gasteiger partial charge in [0.1, 0.15) is 5.75 Å². The van der Waals surface area contributed by atoms with E-state index in [9.17, 15) is 5.11 Å². The van der Waals surface area contributed by atoms with Crippen molar-refractivity contribution in [3.8, 4) is 5.75 Å². The average Bonchev–Trinajstić information content (AvgIpc) is 2.56. The molecular weight excluding hydrogens is 188 g/mol. The van der Waals surface area contributed by atoms with Gasteiger partial charge in [0.05, 0.1) is 5.52 Å². The zero-order valence-electron chi connectivity index (χ0n) is 9.28. The van der Waals surface area contributed by atoms with E-state index in [1.54, 1.807) is 6.07 Å². The molecule has 0 fully saturated rings. The van der Waals surface area contributed by atoms with Crippen LogP contribution in [0.1, 0.15) is 18.5 Å². The lowest BCUT2D eigenvalue weighted by atomic mass is 10.1. The lowest BCUT2D eigenvalue weighted by Gasteiger charge is -2.08. The van der Waals surface area contributed by atoms with Gasteiger partial charge >= 0.3 is 0 Å².